The van der Waals surface area contributed by atoms with Crippen molar-refractivity contribution >= 4 is 16.0 Å². The van der Waals surface area contributed by atoms with Gasteiger partial charge < -0.3 is 9.72 Å². The molecular weight excluding hydrogens is 292 g/mol. The predicted octanol–water partition coefficient (Wildman–Crippen LogP) is 1.62. The van der Waals surface area contributed by atoms with Crippen LogP contribution >= 0.6 is 0 Å². The number of hydrogen-bond acceptors (Lipinski definition) is 4. The number of aromatic nitrogens is 1. The molecule has 112 valence electrons. The highest BCUT2D eigenvalue weighted by molar-refractivity contribution is 7.89. The highest BCUT2D eigenvalue weighted by Crippen LogP contribution is 2.18. The molecule has 2 rings (SSSR count). The normalized spacial score (nSPS) is 11.6. The van der Waals surface area contributed by atoms with Crippen LogP contribution in [0.5, 0.6) is 0 Å². The lowest BCUT2D eigenvalue weighted by Crippen LogP contribution is -2.26. The van der Waals surface area contributed by atoms with Gasteiger partial charge in [0.2, 0.25) is 10.0 Å². The van der Waals surface area contributed by atoms with Crippen LogP contribution in [-0.4, -0.2) is 37.8 Å². The van der Waals surface area contributed by atoms with Gasteiger partial charge in [-0.15, -0.1) is 0 Å². The van der Waals surface area contributed by atoms with E-state index in [4.69, 9.17) is 0 Å². The number of sulfonamides is 1. The van der Waals surface area contributed by atoms with Crippen molar-refractivity contribution in [3.8, 4) is 0 Å². The molecule has 2 aromatic rings. The average Bonchev–Trinajstić information content (AvgIpc) is 2.98. The van der Waals surface area contributed by atoms with Crippen molar-refractivity contribution in [3.63, 3.8) is 0 Å². The maximum atomic E-state index is 12.4. The Balaban J connectivity index is 2.21. The van der Waals surface area contributed by atoms with Gasteiger partial charge in [0.15, 0.2) is 0 Å². The maximum absolute atomic E-state index is 12.4. The van der Waals surface area contributed by atoms with Crippen LogP contribution in [0.25, 0.3) is 0 Å². The lowest BCUT2D eigenvalue weighted by atomic mass is 10.2. The summed E-state index contributed by atoms with van der Waals surface area (Å²) in [5.41, 5.74) is 0.983. The van der Waals surface area contributed by atoms with E-state index in [1.54, 1.807) is 0 Å². The van der Waals surface area contributed by atoms with Crippen molar-refractivity contribution < 1.29 is 17.9 Å². The number of rotatable bonds is 5. The molecule has 1 heterocycles. The van der Waals surface area contributed by atoms with Gasteiger partial charge in [-0.1, -0.05) is 30.3 Å². The summed E-state index contributed by atoms with van der Waals surface area (Å²) in [5, 5.41) is 0. The van der Waals surface area contributed by atoms with Crippen LogP contribution in [0.4, 0.5) is 0 Å². The number of carbonyl (C=O) groups is 1. The Morgan fingerprint density at radius 3 is 2.57 bits per heavy atom. The van der Waals surface area contributed by atoms with Crippen molar-refractivity contribution in [3.05, 3.63) is 53.9 Å². The molecule has 0 aliphatic rings. The maximum Gasteiger partial charge on any atom is 0.354 e. The van der Waals surface area contributed by atoms with E-state index in [1.807, 2.05) is 30.3 Å². The SMILES string of the molecule is COC(=O)c1cc(S(=O)(=O)N(C)Cc2ccccc2)c[nH]1. The molecule has 21 heavy (non-hydrogen) atoms. The Bertz CT molecular complexity index is 722. The van der Waals surface area contributed by atoms with Gasteiger partial charge in [-0.3, -0.25) is 0 Å². The van der Waals surface area contributed by atoms with E-state index in [9.17, 15) is 13.2 Å². The van der Waals surface area contributed by atoms with Gasteiger partial charge in [-0.25, -0.2) is 13.2 Å². The molecule has 0 atom stereocenters. The summed E-state index contributed by atoms with van der Waals surface area (Å²) in [6.07, 6.45) is 1.28. The zero-order chi connectivity index (χ0) is 15.5. The van der Waals surface area contributed by atoms with E-state index >= 15 is 0 Å². The zero-order valence-electron chi connectivity index (χ0n) is 11.7. The summed E-state index contributed by atoms with van der Waals surface area (Å²) in [5.74, 6) is -0.609. The third-order valence-corrected chi connectivity index (χ3v) is 4.80. The van der Waals surface area contributed by atoms with Gasteiger partial charge in [-0.05, 0) is 11.6 Å². The summed E-state index contributed by atoms with van der Waals surface area (Å²) >= 11 is 0. The van der Waals surface area contributed by atoms with Gasteiger partial charge >= 0.3 is 5.97 Å². The Morgan fingerprint density at radius 2 is 1.95 bits per heavy atom. The molecule has 7 heteroatoms. The third kappa shape index (κ3) is 3.32. The van der Waals surface area contributed by atoms with Crippen LogP contribution < -0.4 is 0 Å². The first-order valence-corrected chi connectivity index (χ1v) is 7.66. The molecule has 0 aliphatic heterocycles. The van der Waals surface area contributed by atoms with Crippen molar-refractivity contribution in [1.29, 1.82) is 0 Å². The average molecular weight is 308 g/mol. The molecule has 0 aliphatic carbocycles. The van der Waals surface area contributed by atoms with Crippen LogP contribution in [0.3, 0.4) is 0 Å². The molecule has 0 bridgehead atoms. The Morgan fingerprint density at radius 1 is 1.29 bits per heavy atom. The summed E-state index contributed by atoms with van der Waals surface area (Å²) in [6, 6.07) is 10.5. The Kier molecular flexibility index (Phi) is 4.44. The molecule has 1 aromatic heterocycles. The van der Waals surface area contributed by atoms with Crippen LogP contribution in [0.15, 0.2) is 47.5 Å². The molecular formula is C14H16N2O4S. The molecule has 0 amide bonds. The van der Waals surface area contributed by atoms with Gasteiger partial charge in [0, 0.05) is 19.8 Å². The second kappa shape index (κ2) is 6.11. The van der Waals surface area contributed by atoms with Gasteiger partial charge in [0.25, 0.3) is 0 Å². The number of nitrogens with zero attached hydrogens (tertiary/aromatic N) is 1. The van der Waals surface area contributed by atoms with Crippen molar-refractivity contribution in [1.82, 2.24) is 9.29 Å². The number of H-pyrrole nitrogens is 1. The second-order valence-electron chi connectivity index (χ2n) is 4.49. The first-order chi connectivity index (χ1) is 9.95. The Labute approximate surface area is 123 Å². The van der Waals surface area contributed by atoms with Crippen molar-refractivity contribution in [2.45, 2.75) is 11.4 Å². The van der Waals surface area contributed by atoms with Crippen LogP contribution in [0.1, 0.15) is 16.1 Å². The monoisotopic (exact) mass is 308 g/mol. The highest BCUT2D eigenvalue weighted by atomic mass is 32.2. The van der Waals surface area contributed by atoms with Crippen LogP contribution in [-0.2, 0) is 21.3 Å². The molecule has 1 aromatic carbocycles. The highest BCUT2D eigenvalue weighted by Gasteiger charge is 2.23. The van der Waals surface area contributed by atoms with E-state index in [0.717, 1.165) is 5.56 Å². The first kappa shape index (κ1) is 15.3. The number of carbonyl (C=O) groups excluding carboxylic acids is 1. The number of nitrogens with one attached hydrogen (secondary N) is 1. The summed E-state index contributed by atoms with van der Waals surface area (Å²) in [4.78, 5) is 14.0. The molecule has 0 unspecified atom stereocenters. The second-order valence-corrected chi connectivity index (χ2v) is 6.53. The molecule has 0 fully saturated rings. The smallest absolute Gasteiger partial charge is 0.354 e. The van der Waals surface area contributed by atoms with E-state index in [0.29, 0.717) is 0 Å². The molecule has 0 spiro atoms. The van der Waals surface area contributed by atoms with Gasteiger partial charge in [-0.2, -0.15) is 4.31 Å². The predicted molar refractivity (Wildman–Crippen MR) is 77.2 cm³/mol. The quantitative estimate of drug-likeness (QED) is 0.851. The standard InChI is InChI=1S/C14H16N2O4S/c1-16(10-11-6-4-3-5-7-11)21(18,19)12-8-13(15-9-12)14(17)20-2/h3-9,15H,10H2,1-2H3. The number of methoxy groups -OCH3 is 1. The summed E-state index contributed by atoms with van der Waals surface area (Å²) < 4.78 is 30.6. The van der Waals surface area contributed by atoms with Gasteiger partial charge in [0.1, 0.15) is 10.6 Å². The van der Waals surface area contributed by atoms with Gasteiger partial charge in [0.05, 0.1) is 7.11 Å². The molecule has 1 N–H and O–H groups in total. The van der Waals surface area contributed by atoms with E-state index in [1.165, 1.54) is 30.7 Å². The number of hydrogen-bond donors (Lipinski definition) is 1. The van der Waals surface area contributed by atoms with E-state index < -0.39 is 16.0 Å². The zero-order valence-corrected chi connectivity index (χ0v) is 12.6. The van der Waals surface area contributed by atoms with Crippen LogP contribution in [0.2, 0.25) is 0 Å². The topological polar surface area (TPSA) is 79.5 Å². The first-order valence-electron chi connectivity index (χ1n) is 6.22. The van der Waals surface area contributed by atoms with E-state index in [-0.39, 0.29) is 17.1 Å². The van der Waals surface area contributed by atoms with E-state index in [2.05, 4.69) is 9.72 Å². The Hall–Kier alpha value is -2.12. The van der Waals surface area contributed by atoms with Crippen LogP contribution in [0, 0.1) is 0 Å². The molecule has 6 nitrogen and oxygen atoms in total. The summed E-state index contributed by atoms with van der Waals surface area (Å²) in [6.45, 7) is 0.252. The lowest BCUT2D eigenvalue weighted by molar-refractivity contribution is 0.0595. The molecule has 0 saturated heterocycles. The third-order valence-electron chi connectivity index (χ3n) is 3.02. The number of aromatic amines is 1. The lowest BCUT2D eigenvalue weighted by Gasteiger charge is -2.16. The fourth-order valence-corrected chi connectivity index (χ4v) is 3.01. The largest absolute Gasteiger partial charge is 0.464 e. The fraction of sp³-hybridized carbons (Fsp3) is 0.214. The number of esters is 1. The molecule has 0 radical (unpaired) electrons. The number of benzene rings is 1. The summed E-state index contributed by atoms with van der Waals surface area (Å²) in [7, 11) is -0.936. The van der Waals surface area contributed by atoms with Crippen molar-refractivity contribution in [2.24, 2.45) is 0 Å². The minimum Gasteiger partial charge on any atom is -0.464 e. The fourth-order valence-electron chi connectivity index (χ4n) is 1.86. The minimum absolute atomic E-state index is 0.0290. The number of ether oxygens (including phenoxy) is 1. The molecule has 0 saturated carbocycles. The minimum atomic E-state index is -3.66. The van der Waals surface area contributed by atoms with Crippen molar-refractivity contribution in [2.75, 3.05) is 14.2 Å².